The van der Waals surface area contributed by atoms with E-state index in [0.717, 1.165) is 41.9 Å². The molecule has 3 heterocycles. The van der Waals surface area contributed by atoms with Crippen molar-refractivity contribution >= 4 is 5.52 Å². The molecule has 1 unspecified atom stereocenters. The number of fused-ring (bicyclic) bond motifs is 1. The Kier molecular flexibility index (Phi) is 3.20. The van der Waals surface area contributed by atoms with E-state index in [-0.39, 0.29) is 11.9 Å². The van der Waals surface area contributed by atoms with Gasteiger partial charge in [0.15, 0.2) is 0 Å². The quantitative estimate of drug-likeness (QED) is 0.779. The number of hydrogen-bond donors (Lipinski definition) is 2. The Balaban J connectivity index is 1.77. The van der Waals surface area contributed by atoms with E-state index in [1.54, 1.807) is 18.5 Å². The molecule has 3 aromatic rings. The van der Waals surface area contributed by atoms with Crippen molar-refractivity contribution in [2.75, 3.05) is 13.1 Å². The lowest BCUT2D eigenvalue weighted by Gasteiger charge is -2.15. The first-order valence-electron chi connectivity index (χ1n) is 7.42. The monoisotopic (exact) mass is 295 g/mol. The molecule has 0 amide bonds. The number of ether oxygens (including phenoxy) is 1. The van der Waals surface area contributed by atoms with Crippen LogP contribution in [-0.2, 0) is 0 Å². The average molecular weight is 295 g/mol. The molecule has 1 aliphatic rings. The highest BCUT2D eigenvalue weighted by Gasteiger charge is 2.18. The van der Waals surface area contributed by atoms with Crippen molar-refractivity contribution in [3.63, 3.8) is 0 Å². The lowest BCUT2D eigenvalue weighted by Crippen LogP contribution is -2.19. The Morgan fingerprint density at radius 1 is 1.23 bits per heavy atom. The Morgan fingerprint density at radius 2 is 2.09 bits per heavy atom. The van der Waals surface area contributed by atoms with E-state index in [0.29, 0.717) is 0 Å². The first-order valence-corrected chi connectivity index (χ1v) is 7.42. The van der Waals surface area contributed by atoms with Gasteiger partial charge >= 0.3 is 0 Å². The zero-order chi connectivity index (χ0) is 14.9. The van der Waals surface area contributed by atoms with Crippen molar-refractivity contribution in [1.82, 2.24) is 14.7 Å². The number of phenols is 1. The van der Waals surface area contributed by atoms with Crippen molar-refractivity contribution < 1.29 is 9.84 Å². The number of rotatable bonds is 3. The third-order valence-corrected chi connectivity index (χ3v) is 3.99. The van der Waals surface area contributed by atoms with Crippen LogP contribution in [0.3, 0.4) is 0 Å². The van der Waals surface area contributed by atoms with Gasteiger partial charge in [0.1, 0.15) is 23.1 Å². The molecule has 1 saturated heterocycles. The molecule has 2 N–H and O–H groups in total. The highest BCUT2D eigenvalue weighted by molar-refractivity contribution is 5.71. The van der Waals surface area contributed by atoms with Gasteiger partial charge in [-0.05, 0) is 36.7 Å². The van der Waals surface area contributed by atoms with Crippen LogP contribution >= 0.6 is 0 Å². The van der Waals surface area contributed by atoms with Crippen LogP contribution in [0.1, 0.15) is 6.42 Å². The Bertz CT molecular complexity index is 789. The van der Waals surface area contributed by atoms with E-state index >= 15 is 0 Å². The molecule has 5 heteroatoms. The lowest BCUT2D eigenvalue weighted by atomic mass is 10.1. The number of hydrogen-bond acceptors (Lipinski definition) is 4. The van der Waals surface area contributed by atoms with Gasteiger partial charge in [0.25, 0.3) is 0 Å². The van der Waals surface area contributed by atoms with Gasteiger partial charge in [0, 0.05) is 18.3 Å². The van der Waals surface area contributed by atoms with Gasteiger partial charge in [0.05, 0.1) is 12.5 Å². The van der Waals surface area contributed by atoms with E-state index in [1.807, 2.05) is 35.0 Å². The number of aromatic hydroxyl groups is 1. The van der Waals surface area contributed by atoms with Crippen molar-refractivity contribution in [3.8, 4) is 22.6 Å². The number of nitrogens with one attached hydrogen (secondary N) is 1. The highest BCUT2D eigenvalue weighted by Crippen LogP contribution is 2.30. The van der Waals surface area contributed by atoms with Gasteiger partial charge in [-0.1, -0.05) is 12.1 Å². The molecule has 112 valence electrons. The summed E-state index contributed by atoms with van der Waals surface area (Å²) >= 11 is 0. The fourth-order valence-electron chi connectivity index (χ4n) is 2.82. The predicted molar refractivity (Wildman–Crippen MR) is 84.2 cm³/mol. The van der Waals surface area contributed by atoms with E-state index in [9.17, 15) is 5.11 Å². The number of nitrogens with zero attached hydrogens (tertiary/aromatic N) is 2. The second kappa shape index (κ2) is 5.35. The molecular formula is C17H17N3O2. The maximum Gasteiger partial charge on any atom is 0.146 e. The normalized spacial score (nSPS) is 17.9. The topological polar surface area (TPSA) is 58.8 Å². The number of imidazole rings is 1. The summed E-state index contributed by atoms with van der Waals surface area (Å²) in [6.07, 6.45) is 6.84. The van der Waals surface area contributed by atoms with Gasteiger partial charge in [-0.3, -0.25) is 0 Å². The second-order valence-corrected chi connectivity index (χ2v) is 5.56. The van der Waals surface area contributed by atoms with Crippen molar-refractivity contribution in [2.24, 2.45) is 0 Å². The molecule has 1 aliphatic heterocycles. The molecule has 1 fully saturated rings. The van der Waals surface area contributed by atoms with Crippen LogP contribution in [0, 0.1) is 0 Å². The summed E-state index contributed by atoms with van der Waals surface area (Å²) in [6, 6.07) is 9.22. The summed E-state index contributed by atoms with van der Waals surface area (Å²) in [5.41, 5.74) is 3.03. The van der Waals surface area contributed by atoms with Crippen LogP contribution in [0.2, 0.25) is 0 Å². The summed E-state index contributed by atoms with van der Waals surface area (Å²) in [5.74, 6) is 1.11. The first-order chi connectivity index (χ1) is 10.8. The SMILES string of the molecule is Oc1ccc(-c2cc(OC3CCNC3)c3cncn3c2)cc1. The largest absolute Gasteiger partial charge is 0.508 e. The van der Waals surface area contributed by atoms with Gasteiger partial charge < -0.3 is 19.6 Å². The minimum atomic E-state index is 0.203. The molecule has 1 atom stereocenters. The van der Waals surface area contributed by atoms with E-state index in [1.165, 1.54) is 0 Å². The molecule has 0 radical (unpaired) electrons. The molecule has 0 spiro atoms. The molecule has 0 aliphatic carbocycles. The number of aromatic nitrogens is 2. The number of benzene rings is 1. The van der Waals surface area contributed by atoms with Crippen LogP contribution in [0.4, 0.5) is 0 Å². The fourth-order valence-corrected chi connectivity index (χ4v) is 2.82. The zero-order valence-corrected chi connectivity index (χ0v) is 12.1. The smallest absolute Gasteiger partial charge is 0.146 e. The molecule has 4 rings (SSSR count). The Labute approximate surface area is 128 Å². The van der Waals surface area contributed by atoms with Crippen molar-refractivity contribution in [2.45, 2.75) is 12.5 Å². The third-order valence-electron chi connectivity index (χ3n) is 3.99. The minimum Gasteiger partial charge on any atom is -0.508 e. The lowest BCUT2D eigenvalue weighted by molar-refractivity contribution is 0.225. The maximum atomic E-state index is 9.44. The Hall–Kier alpha value is -2.53. The van der Waals surface area contributed by atoms with Gasteiger partial charge in [0.2, 0.25) is 0 Å². The summed E-state index contributed by atoms with van der Waals surface area (Å²) in [5, 5.41) is 12.8. The first kappa shape index (κ1) is 13.2. The molecular weight excluding hydrogens is 278 g/mol. The molecule has 5 nitrogen and oxygen atoms in total. The van der Waals surface area contributed by atoms with Gasteiger partial charge in [-0.25, -0.2) is 4.98 Å². The van der Waals surface area contributed by atoms with E-state index < -0.39 is 0 Å². The summed E-state index contributed by atoms with van der Waals surface area (Å²) in [6.45, 7) is 1.88. The third kappa shape index (κ3) is 2.40. The molecule has 2 aromatic heterocycles. The molecule has 0 bridgehead atoms. The van der Waals surface area contributed by atoms with E-state index in [2.05, 4.69) is 10.3 Å². The van der Waals surface area contributed by atoms with Crippen molar-refractivity contribution in [3.05, 3.63) is 49.1 Å². The van der Waals surface area contributed by atoms with Gasteiger partial charge in [-0.15, -0.1) is 0 Å². The van der Waals surface area contributed by atoms with Crippen molar-refractivity contribution in [1.29, 1.82) is 0 Å². The molecule has 1 aromatic carbocycles. The number of pyridine rings is 1. The summed E-state index contributed by atoms with van der Waals surface area (Å²) in [7, 11) is 0. The standard InChI is InChI=1S/C17H17N3O2/c21-14-3-1-12(2-4-14)13-7-17(22-15-5-6-18-8-15)16-9-19-11-20(16)10-13/h1-4,7,9-11,15,18,21H,5-6,8H2. The van der Waals surface area contributed by atoms with Crippen LogP contribution in [0.5, 0.6) is 11.5 Å². The summed E-state index contributed by atoms with van der Waals surface area (Å²) in [4.78, 5) is 4.21. The minimum absolute atomic E-state index is 0.203. The summed E-state index contributed by atoms with van der Waals surface area (Å²) < 4.78 is 8.13. The van der Waals surface area contributed by atoms with E-state index in [4.69, 9.17) is 4.74 Å². The number of phenolic OH excluding ortho intramolecular Hbond substituents is 1. The highest BCUT2D eigenvalue weighted by atomic mass is 16.5. The van der Waals surface area contributed by atoms with Crippen LogP contribution in [0.15, 0.2) is 49.1 Å². The second-order valence-electron chi connectivity index (χ2n) is 5.56. The van der Waals surface area contributed by atoms with Crippen LogP contribution < -0.4 is 10.1 Å². The zero-order valence-electron chi connectivity index (χ0n) is 12.1. The van der Waals surface area contributed by atoms with Crippen LogP contribution in [-0.4, -0.2) is 33.7 Å². The Morgan fingerprint density at radius 3 is 2.86 bits per heavy atom. The fraction of sp³-hybridized carbons (Fsp3) is 0.235. The average Bonchev–Trinajstić information content (AvgIpc) is 3.19. The van der Waals surface area contributed by atoms with Gasteiger partial charge in [-0.2, -0.15) is 0 Å². The molecule has 22 heavy (non-hydrogen) atoms. The predicted octanol–water partition coefficient (Wildman–Crippen LogP) is 2.45. The maximum absolute atomic E-state index is 9.44. The molecule has 0 saturated carbocycles. The van der Waals surface area contributed by atoms with Crippen LogP contribution in [0.25, 0.3) is 16.6 Å².